The lowest BCUT2D eigenvalue weighted by molar-refractivity contribution is -0.140. The minimum atomic E-state index is -3.30. The molecule has 0 bridgehead atoms. The average molecular weight is 370 g/mol. The molecular formula is C17H23FN2O4S. The van der Waals surface area contributed by atoms with Crippen molar-refractivity contribution in [3.05, 3.63) is 30.1 Å². The van der Waals surface area contributed by atoms with Gasteiger partial charge in [0.1, 0.15) is 11.7 Å². The smallest absolute Gasteiger partial charge is 0.239 e. The van der Waals surface area contributed by atoms with Gasteiger partial charge in [-0.3, -0.25) is 9.59 Å². The van der Waals surface area contributed by atoms with Gasteiger partial charge in [-0.2, -0.15) is 0 Å². The number of carbonyl (C=O) groups excluding carboxylic acids is 2. The SMILES string of the molecule is CC(C(C)S(C)(=O)=O)N(C)C(=O)C1CCN(c2ccc(F)cc2)C1=O. The highest BCUT2D eigenvalue weighted by molar-refractivity contribution is 7.91. The number of nitrogens with zero attached hydrogens (tertiary/aromatic N) is 2. The molecule has 1 aliphatic rings. The van der Waals surface area contributed by atoms with Crippen LogP contribution < -0.4 is 4.90 Å². The van der Waals surface area contributed by atoms with Crippen LogP contribution in [0.3, 0.4) is 0 Å². The fourth-order valence-electron chi connectivity index (χ4n) is 2.91. The summed E-state index contributed by atoms with van der Waals surface area (Å²) >= 11 is 0. The molecule has 1 fully saturated rings. The number of anilines is 1. The maximum absolute atomic E-state index is 13.0. The van der Waals surface area contributed by atoms with Crippen LogP contribution in [0.1, 0.15) is 20.3 Å². The lowest BCUT2D eigenvalue weighted by Gasteiger charge is -2.30. The fraction of sp³-hybridized carbons (Fsp3) is 0.529. The van der Waals surface area contributed by atoms with Gasteiger partial charge in [0.2, 0.25) is 11.8 Å². The highest BCUT2D eigenvalue weighted by Crippen LogP contribution is 2.27. The minimum Gasteiger partial charge on any atom is -0.341 e. The third-order valence-electron chi connectivity index (χ3n) is 4.96. The number of amides is 2. The van der Waals surface area contributed by atoms with Crippen molar-refractivity contribution in [2.75, 3.05) is 24.7 Å². The van der Waals surface area contributed by atoms with Gasteiger partial charge in [-0.25, -0.2) is 12.8 Å². The predicted molar refractivity (Wildman–Crippen MR) is 93.4 cm³/mol. The number of benzene rings is 1. The molecular weight excluding hydrogens is 347 g/mol. The first-order chi connectivity index (χ1) is 11.5. The van der Waals surface area contributed by atoms with Crippen molar-refractivity contribution < 1.29 is 22.4 Å². The zero-order valence-electron chi connectivity index (χ0n) is 14.8. The fourth-order valence-corrected chi connectivity index (χ4v) is 3.80. The van der Waals surface area contributed by atoms with Crippen molar-refractivity contribution in [3.63, 3.8) is 0 Å². The topological polar surface area (TPSA) is 74.8 Å². The van der Waals surface area contributed by atoms with Gasteiger partial charge >= 0.3 is 0 Å². The van der Waals surface area contributed by atoms with Crippen molar-refractivity contribution in [2.24, 2.45) is 5.92 Å². The average Bonchev–Trinajstić information content (AvgIpc) is 2.93. The monoisotopic (exact) mass is 370 g/mol. The van der Waals surface area contributed by atoms with Gasteiger partial charge in [-0.15, -0.1) is 0 Å². The largest absolute Gasteiger partial charge is 0.341 e. The normalized spacial score (nSPS) is 20.4. The van der Waals surface area contributed by atoms with Gasteiger partial charge in [0.05, 0.1) is 5.25 Å². The van der Waals surface area contributed by atoms with E-state index in [1.807, 2.05) is 0 Å². The van der Waals surface area contributed by atoms with E-state index in [1.165, 1.54) is 41.1 Å². The zero-order valence-corrected chi connectivity index (χ0v) is 15.6. The maximum atomic E-state index is 13.0. The Labute approximate surface area is 147 Å². The van der Waals surface area contributed by atoms with Gasteiger partial charge < -0.3 is 9.80 Å². The van der Waals surface area contributed by atoms with Crippen molar-refractivity contribution in [1.29, 1.82) is 0 Å². The number of carbonyl (C=O) groups is 2. The van der Waals surface area contributed by atoms with Crippen LogP contribution in [0.15, 0.2) is 24.3 Å². The molecule has 25 heavy (non-hydrogen) atoms. The molecule has 0 saturated carbocycles. The van der Waals surface area contributed by atoms with Gasteiger partial charge in [0.25, 0.3) is 0 Å². The molecule has 6 nitrogen and oxygen atoms in total. The number of sulfone groups is 1. The summed E-state index contributed by atoms with van der Waals surface area (Å²) in [5.74, 6) is -1.98. The number of hydrogen-bond acceptors (Lipinski definition) is 4. The molecule has 3 atom stereocenters. The quantitative estimate of drug-likeness (QED) is 0.736. The van der Waals surface area contributed by atoms with E-state index in [-0.39, 0.29) is 5.91 Å². The minimum absolute atomic E-state index is 0.345. The van der Waals surface area contributed by atoms with Gasteiger partial charge in [0, 0.05) is 31.6 Å². The standard InChI is InChI=1S/C17H23FN2O4S/c1-11(12(2)25(4,23)24)19(3)16(21)15-9-10-20(17(15)22)14-7-5-13(18)6-8-14/h5-8,11-12,15H,9-10H2,1-4H3. The Morgan fingerprint density at radius 2 is 1.84 bits per heavy atom. The summed E-state index contributed by atoms with van der Waals surface area (Å²) in [6.45, 7) is 3.57. The van der Waals surface area contributed by atoms with E-state index in [2.05, 4.69) is 0 Å². The van der Waals surface area contributed by atoms with E-state index in [9.17, 15) is 22.4 Å². The van der Waals surface area contributed by atoms with Crippen molar-refractivity contribution in [1.82, 2.24) is 4.90 Å². The van der Waals surface area contributed by atoms with Gasteiger partial charge in [-0.05, 0) is 44.5 Å². The summed E-state index contributed by atoms with van der Waals surface area (Å²) in [6.07, 6.45) is 1.48. The summed E-state index contributed by atoms with van der Waals surface area (Å²) < 4.78 is 36.4. The molecule has 1 aliphatic heterocycles. The van der Waals surface area contributed by atoms with Crippen molar-refractivity contribution in [2.45, 2.75) is 31.6 Å². The molecule has 2 amide bonds. The Morgan fingerprint density at radius 1 is 1.28 bits per heavy atom. The number of hydrogen-bond donors (Lipinski definition) is 0. The van der Waals surface area contributed by atoms with Crippen LogP contribution >= 0.6 is 0 Å². The van der Waals surface area contributed by atoms with Crippen LogP contribution in [0.4, 0.5) is 10.1 Å². The van der Waals surface area contributed by atoms with Gasteiger partial charge in [0.15, 0.2) is 9.84 Å². The lowest BCUT2D eigenvalue weighted by Crippen LogP contribution is -2.48. The molecule has 3 unspecified atom stereocenters. The maximum Gasteiger partial charge on any atom is 0.239 e. The Balaban J connectivity index is 2.12. The van der Waals surface area contributed by atoms with Gasteiger partial charge in [-0.1, -0.05) is 0 Å². The third kappa shape index (κ3) is 4.00. The highest BCUT2D eigenvalue weighted by Gasteiger charge is 2.41. The summed E-state index contributed by atoms with van der Waals surface area (Å²) in [5.41, 5.74) is 0.543. The van der Waals surface area contributed by atoms with Crippen molar-refractivity contribution >= 4 is 27.3 Å². The number of halogens is 1. The van der Waals surface area contributed by atoms with E-state index in [1.54, 1.807) is 13.8 Å². The van der Waals surface area contributed by atoms with E-state index >= 15 is 0 Å². The lowest BCUT2D eigenvalue weighted by atomic mass is 10.1. The van der Waals surface area contributed by atoms with Crippen LogP contribution in [0, 0.1) is 11.7 Å². The molecule has 0 N–H and O–H groups in total. The molecule has 1 aromatic rings. The van der Waals surface area contributed by atoms with E-state index < -0.39 is 38.8 Å². The second kappa shape index (κ2) is 7.11. The third-order valence-corrected chi connectivity index (χ3v) is 6.70. The molecule has 0 radical (unpaired) electrons. The molecule has 1 heterocycles. The first-order valence-electron chi connectivity index (χ1n) is 8.06. The summed E-state index contributed by atoms with van der Waals surface area (Å²) in [5, 5.41) is -0.730. The van der Waals surface area contributed by atoms with Crippen LogP contribution in [0.2, 0.25) is 0 Å². The Hall–Kier alpha value is -1.96. The Kier molecular flexibility index (Phi) is 5.51. The van der Waals surface area contributed by atoms with E-state index in [0.717, 1.165) is 6.26 Å². The molecule has 138 valence electrons. The Morgan fingerprint density at radius 3 is 2.36 bits per heavy atom. The summed E-state index contributed by atoms with van der Waals surface area (Å²) in [6, 6.07) is 4.98. The van der Waals surface area contributed by atoms with Crippen molar-refractivity contribution in [3.8, 4) is 0 Å². The highest BCUT2D eigenvalue weighted by atomic mass is 32.2. The van der Waals surface area contributed by atoms with E-state index in [0.29, 0.717) is 18.7 Å². The van der Waals surface area contributed by atoms with Crippen LogP contribution in [-0.2, 0) is 19.4 Å². The first-order valence-corrected chi connectivity index (χ1v) is 10.0. The molecule has 2 rings (SSSR count). The summed E-state index contributed by atoms with van der Waals surface area (Å²) in [4.78, 5) is 28.1. The second-order valence-electron chi connectivity index (χ2n) is 6.53. The molecule has 8 heteroatoms. The van der Waals surface area contributed by atoms with Crippen LogP contribution in [0.25, 0.3) is 0 Å². The number of rotatable bonds is 5. The van der Waals surface area contributed by atoms with Crippen LogP contribution in [-0.4, -0.2) is 56.3 Å². The molecule has 1 aromatic carbocycles. The first kappa shape index (κ1) is 19.4. The summed E-state index contributed by atoms with van der Waals surface area (Å²) in [7, 11) is -1.78. The predicted octanol–water partition coefficient (Wildman–Crippen LogP) is 1.46. The molecule has 0 spiro atoms. The molecule has 0 aliphatic carbocycles. The molecule has 1 saturated heterocycles. The second-order valence-corrected chi connectivity index (χ2v) is 8.93. The van der Waals surface area contributed by atoms with E-state index in [4.69, 9.17) is 0 Å². The zero-order chi connectivity index (χ0) is 18.9. The van der Waals surface area contributed by atoms with Crippen LogP contribution in [0.5, 0.6) is 0 Å². The molecule has 0 aromatic heterocycles. The Bertz CT molecular complexity index is 763.